The van der Waals surface area contributed by atoms with E-state index in [1.807, 2.05) is 6.92 Å². The molecule has 56 valence electrons. The van der Waals surface area contributed by atoms with Crippen LogP contribution in [0.4, 0.5) is 0 Å². The third kappa shape index (κ3) is 5.76. The molecule has 2 unspecified atom stereocenters. The molecule has 3 nitrogen and oxygen atoms in total. The van der Waals surface area contributed by atoms with Gasteiger partial charge in [0, 0.05) is 6.54 Å². The SMILES string of the molecule is CCC(O)CNC(C)O. The van der Waals surface area contributed by atoms with Gasteiger partial charge in [-0.1, -0.05) is 6.92 Å². The minimum atomic E-state index is -0.522. The Morgan fingerprint density at radius 1 is 1.44 bits per heavy atom. The van der Waals surface area contributed by atoms with Gasteiger partial charge in [-0.15, -0.1) is 0 Å². The Morgan fingerprint density at radius 3 is 2.33 bits per heavy atom. The zero-order valence-electron chi connectivity index (χ0n) is 5.96. The lowest BCUT2D eigenvalue weighted by Gasteiger charge is -2.10. The van der Waals surface area contributed by atoms with Gasteiger partial charge in [-0.2, -0.15) is 0 Å². The summed E-state index contributed by atoms with van der Waals surface area (Å²) in [6.45, 7) is 3.99. The largest absolute Gasteiger partial charge is 0.392 e. The number of nitrogens with one attached hydrogen (secondary N) is 1. The summed E-state index contributed by atoms with van der Waals surface area (Å²) in [6.07, 6.45) is -0.134. The highest BCUT2D eigenvalue weighted by atomic mass is 16.3. The van der Waals surface area contributed by atoms with Gasteiger partial charge in [-0.3, -0.25) is 5.32 Å². The van der Waals surface area contributed by atoms with Crippen LogP contribution in [0, 0.1) is 0 Å². The van der Waals surface area contributed by atoms with Crippen molar-refractivity contribution in [3.63, 3.8) is 0 Å². The molecule has 0 rings (SSSR count). The lowest BCUT2D eigenvalue weighted by atomic mass is 10.3. The summed E-state index contributed by atoms with van der Waals surface area (Å²) >= 11 is 0. The molecule has 0 aromatic heterocycles. The van der Waals surface area contributed by atoms with Crippen LogP contribution >= 0.6 is 0 Å². The van der Waals surface area contributed by atoms with Crippen molar-refractivity contribution in [2.45, 2.75) is 32.6 Å². The molecule has 0 bridgehead atoms. The number of aliphatic hydroxyl groups is 2. The number of aliphatic hydroxyl groups excluding tert-OH is 2. The fourth-order valence-electron chi connectivity index (χ4n) is 0.451. The molecule has 0 aromatic rings. The van der Waals surface area contributed by atoms with Gasteiger partial charge in [0.1, 0.15) is 6.23 Å². The van der Waals surface area contributed by atoms with Crippen LogP contribution in [0.3, 0.4) is 0 Å². The normalized spacial score (nSPS) is 17.3. The predicted molar refractivity (Wildman–Crippen MR) is 36.0 cm³/mol. The molecule has 0 aliphatic rings. The van der Waals surface area contributed by atoms with Gasteiger partial charge < -0.3 is 10.2 Å². The average molecular weight is 133 g/mol. The van der Waals surface area contributed by atoms with Gasteiger partial charge in [-0.25, -0.2) is 0 Å². The molecule has 0 heterocycles. The van der Waals surface area contributed by atoms with E-state index < -0.39 is 6.23 Å². The van der Waals surface area contributed by atoms with E-state index in [4.69, 9.17) is 10.2 Å². The summed E-state index contributed by atoms with van der Waals surface area (Å²) in [7, 11) is 0. The summed E-state index contributed by atoms with van der Waals surface area (Å²) in [5.74, 6) is 0. The van der Waals surface area contributed by atoms with E-state index in [9.17, 15) is 0 Å². The van der Waals surface area contributed by atoms with Gasteiger partial charge in [0.05, 0.1) is 6.10 Å². The second kappa shape index (κ2) is 4.73. The van der Waals surface area contributed by atoms with E-state index in [0.29, 0.717) is 6.54 Å². The second-order valence-corrected chi connectivity index (χ2v) is 2.15. The first kappa shape index (κ1) is 8.88. The van der Waals surface area contributed by atoms with Crippen LogP contribution in [0.1, 0.15) is 20.3 Å². The van der Waals surface area contributed by atoms with Crippen molar-refractivity contribution in [1.82, 2.24) is 5.32 Å². The molecule has 9 heavy (non-hydrogen) atoms. The Bertz CT molecular complexity index is 66.1. The van der Waals surface area contributed by atoms with Gasteiger partial charge >= 0.3 is 0 Å². The smallest absolute Gasteiger partial charge is 0.102 e. The monoisotopic (exact) mass is 133 g/mol. The van der Waals surface area contributed by atoms with Crippen LogP contribution in [0.15, 0.2) is 0 Å². The molecule has 0 aromatic carbocycles. The summed E-state index contributed by atoms with van der Waals surface area (Å²) in [5.41, 5.74) is 0. The molecule has 0 saturated carbocycles. The first-order chi connectivity index (χ1) is 4.16. The van der Waals surface area contributed by atoms with Crippen LogP contribution in [-0.2, 0) is 0 Å². The van der Waals surface area contributed by atoms with Crippen molar-refractivity contribution in [2.24, 2.45) is 0 Å². The predicted octanol–water partition coefficient (Wildman–Crippen LogP) is -0.315. The first-order valence-corrected chi connectivity index (χ1v) is 3.26. The number of hydrogen-bond acceptors (Lipinski definition) is 3. The maximum Gasteiger partial charge on any atom is 0.102 e. The molecule has 0 saturated heterocycles. The van der Waals surface area contributed by atoms with E-state index in [-0.39, 0.29) is 6.10 Å². The Balaban J connectivity index is 3.06. The number of rotatable bonds is 4. The fraction of sp³-hybridized carbons (Fsp3) is 1.00. The Labute approximate surface area is 55.7 Å². The summed E-state index contributed by atoms with van der Waals surface area (Å²) in [6, 6.07) is 0. The van der Waals surface area contributed by atoms with Crippen molar-refractivity contribution in [3.8, 4) is 0 Å². The summed E-state index contributed by atoms with van der Waals surface area (Å²) in [5, 5.41) is 20.3. The standard InChI is InChI=1S/C6H15NO2/c1-3-6(9)4-7-5(2)8/h5-9H,3-4H2,1-2H3. The van der Waals surface area contributed by atoms with Crippen LogP contribution in [-0.4, -0.2) is 29.1 Å². The van der Waals surface area contributed by atoms with E-state index in [1.54, 1.807) is 6.92 Å². The Morgan fingerprint density at radius 2 is 2.00 bits per heavy atom. The van der Waals surface area contributed by atoms with E-state index in [0.717, 1.165) is 6.42 Å². The lowest BCUT2D eigenvalue weighted by Crippen LogP contribution is -2.33. The molecular formula is C6H15NO2. The highest BCUT2D eigenvalue weighted by Crippen LogP contribution is 1.86. The molecular weight excluding hydrogens is 118 g/mol. The summed E-state index contributed by atoms with van der Waals surface area (Å²) in [4.78, 5) is 0. The van der Waals surface area contributed by atoms with Crippen LogP contribution in [0.25, 0.3) is 0 Å². The molecule has 0 radical (unpaired) electrons. The topological polar surface area (TPSA) is 52.5 Å². The van der Waals surface area contributed by atoms with Crippen molar-refractivity contribution >= 4 is 0 Å². The Kier molecular flexibility index (Phi) is 4.67. The molecule has 0 amide bonds. The minimum absolute atomic E-state index is 0.334. The van der Waals surface area contributed by atoms with E-state index >= 15 is 0 Å². The van der Waals surface area contributed by atoms with Gasteiger partial charge in [0.2, 0.25) is 0 Å². The average Bonchev–Trinajstić information content (AvgIpc) is 1.83. The minimum Gasteiger partial charge on any atom is -0.392 e. The third-order valence-electron chi connectivity index (χ3n) is 1.12. The first-order valence-electron chi connectivity index (χ1n) is 3.26. The zero-order chi connectivity index (χ0) is 7.28. The van der Waals surface area contributed by atoms with Crippen LogP contribution in [0.5, 0.6) is 0 Å². The van der Waals surface area contributed by atoms with Crippen molar-refractivity contribution < 1.29 is 10.2 Å². The molecule has 0 spiro atoms. The second-order valence-electron chi connectivity index (χ2n) is 2.15. The maximum atomic E-state index is 8.93. The zero-order valence-corrected chi connectivity index (χ0v) is 5.96. The van der Waals surface area contributed by atoms with Crippen molar-refractivity contribution in [2.75, 3.05) is 6.54 Å². The van der Waals surface area contributed by atoms with E-state index in [2.05, 4.69) is 5.32 Å². The lowest BCUT2D eigenvalue weighted by molar-refractivity contribution is 0.112. The van der Waals surface area contributed by atoms with Crippen molar-refractivity contribution in [1.29, 1.82) is 0 Å². The molecule has 3 N–H and O–H groups in total. The molecule has 3 heteroatoms. The highest BCUT2D eigenvalue weighted by molar-refractivity contribution is 4.55. The molecule has 0 aliphatic heterocycles. The van der Waals surface area contributed by atoms with Gasteiger partial charge in [-0.05, 0) is 13.3 Å². The maximum absolute atomic E-state index is 8.93. The fourth-order valence-corrected chi connectivity index (χ4v) is 0.451. The molecule has 0 fully saturated rings. The van der Waals surface area contributed by atoms with Gasteiger partial charge in [0.25, 0.3) is 0 Å². The van der Waals surface area contributed by atoms with E-state index in [1.165, 1.54) is 0 Å². The van der Waals surface area contributed by atoms with Crippen LogP contribution < -0.4 is 5.32 Å². The molecule has 2 atom stereocenters. The highest BCUT2D eigenvalue weighted by Gasteiger charge is 2.00. The molecule has 0 aliphatic carbocycles. The third-order valence-corrected chi connectivity index (χ3v) is 1.12. The quantitative estimate of drug-likeness (QED) is 0.461. The Hall–Kier alpha value is -0.120. The number of hydrogen-bond donors (Lipinski definition) is 3. The van der Waals surface area contributed by atoms with Crippen LogP contribution in [0.2, 0.25) is 0 Å². The summed E-state index contributed by atoms with van der Waals surface area (Å²) < 4.78 is 0. The van der Waals surface area contributed by atoms with Gasteiger partial charge in [0.15, 0.2) is 0 Å². The van der Waals surface area contributed by atoms with Crippen molar-refractivity contribution in [3.05, 3.63) is 0 Å².